The Labute approximate surface area is 112 Å². The predicted molar refractivity (Wildman–Crippen MR) is 69.5 cm³/mol. The Kier molecular flexibility index (Phi) is 3.52. The van der Waals surface area contributed by atoms with Crippen molar-refractivity contribution in [3.8, 4) is 0 Å². The summed E-state index contributed by atoms with van der Waals surface area (Å²) in [6.45, 7) is 3.03. The summed E-state index contributed by atoms with van der Waals surface area (Å²) in [5.41, 5.74) is 0. The van der Waals surface area contributed by atoms with Crippen molar-refractivity contribution in [1.29, 1.82) is 0 Å². The van der Waals surface area contributed by atoms with E-state index in [4.69, 9.17) is 4.74 Å². The molecule has 19 heavy (non-hydrogen) atoms. The van der Waals surface area contributed by atoms with Gasteiger partial charge in [0, 0.05) is 38.6 Å². The van der Waals surface area contributed by atoms with Gasteiger partial charge < -0.3 is 14.6 Å². The normalized spacial score (nSPS) is 28.8. The number of imidazole rings is 1. The summed E-state index contributed by atoms with van der Waals surface area (Å²) in [6, 6.07) is 0.147. The Hall–Kier alpha value is -1.40. The number of nitrogens with one attached hydrogen (secondary N) is 1. The second-order valence-corrected chi connectivity index (χ2v) is 5.26. The third-order valence-electron chi connectivity index (χ3n) is 4.00. The second kappa shape index (κ2) is 5.30. The van der Waals surface area contributed by atoms with Crippen LogP contribution in [0.25, 0.3) is 0 Å². The lowest BCUT2D eigenvalue weighted by molar-refractivity contribution is -0.143. The summed E-state index contributed by atoms with van der Waals surface area (Å²) in [6.07, 6.45) is 5.21. The van der Waals surface area contributed by atoms with Crippen LogP contribution in [-0.4, -0.2) is 65.1 Å². The monoisotopic (exact) mass is 264 g/mol. The van der Waals surface area contributed by atoms with Gasteiger partial charge in [0.25, 0.3) is 5.91 Å². The minimum absolute atomic E-state index is 0.141. The van der Waals surface area contributed by atoms with Crippen LogP contribution in [0.5, 0.6) is 0 Å². The number of hydrogen-bond acceptors (Lipinski definition) is 4. The zero-order chi connectivity index (χ0) is 13.2. The molecule has 0 aliphatic carbocycles. The van der Waals surface area contributed by atoms with Crippen molar-refractivity contribution in [3.05, 3.63) is 18.2 Å². The molecular weight excluding hydrogens is 244 g/mol. The molecule has 0 saturated carbocycles. The Bertz CT molecular complexity index is 428. The first kappa shape index (κ1) is 12.6. The largest absolute Gasteiger partial charge is 0.368 e. The van der Waals surface area contributed by atoms with Crippen molar-refractivity contribution < 1.29 is 9.53 Å². The van der Waals surface area contributed by atoms with Crippen molar-refractivity contribution >= 4 is 5.91 Å². The zero-order valence-corrected chi connectivity index (χ0v) is 11.2. The van der Waals surface area contributed by atoms with Crippen LogP contribution in [0.4, 0.5) is 0 Å². The Morgan fingerprint density at radius 2 is 2.42 bits per heavy atom. The minimum atomic E-state index is -0.222. The molecular formula is C13H20N4O2. The van der Waals surface area contributed by atoms with E-state index in [-0.39, 0.29) is 18.1 Å². The highest BCUT2D eigenvalue weighted by molar-refractivity contribution is 5.81. The van der Waals surface area contributed by atoms with Gasteiger partial charge in [-0.2, -0.15) is 0 Å². The van der Waals surface area contributed by atoms with Gasteiger partial charge in [0.1, 0.15) is 11.9 Å². The number of H-pyrrole nitrogens is 1. The number of piperazine rings is 1. The topological polar surface area (TPSA) is 61.5 Å². The second-order valence-electron chi connectivity index (χ2n) is 5.26. The maximum Gasteiger partial charge on any atom is 0.251 e. The van der Waals surface area contributed by atoms with Gasteiger partial charge in [-0.05, 0) is 19.9 Å². The van der Waals surface area contributed by atoms with Crippen LogP contribution < -0.4 is 0 Å². The van der Waals surface area contributed by atoms with Gasteiger partial charge in [0.15, 0.2) is 0 Å². The summed E-state index contributed by atoms with van der Waals surface area (Å²) < 4.78 is 5.49. The van der Waals surface area contributed by atoms with E-state index in [0.29, 0.717) is 13.2 Å². The molecule has 1 aromatic rings. The summed E-state index contributed by atoms with van der Waals surface area (Å²) in [4.78, 5) is 24.0. The zero-order valence-electron chi connectivity index (χ0n) is 11.2. The number of amides is 1. The highest BCUT2D eigenvalue weighted by Gasteiger charge is 2.34. The van der Waals surface area contributed by atoms with E-state index in [0.717, 1.165) is 31.8 Å². The number of likely N-dealkylation sites (N-methyl/N-ethyl adjacent to an activating group) is 1. The molecule has 3 heterocycles. The molecule has 0 bridgehead atoms. The average molecular weight is 264 g/mol. The van der Waals surface area contributed by atoms with Gasteiger partial charge in [-0.25, -0.2) is 4.98 Å². The summed E-state index contributed by atoms with van der Waals surface area (Å²) in [7, 11) is 2.07. The molecule has 1 amide bonds. The Morgan fingerprint density at radius 3 is 3.11 bits per heavy atom. The van der Waals surface area contributed by atoms with Crippen molar-refractivity contribution in [2.75, 3.05) is 33.3 Å². The lowest BCUT2D eigenvalue weighted by Gasteiger charge is -2.39. The number of carbonyl (C=O) groups excluding carboxylic acids is 1. The van der Waals surface area contributed by atoms with Crippen LogP contribution in [0.2, 0.25) is 0 Å². The van der Waals surface area contributed by atoms with Gasteiger partial charge in [-0.1, -0.05) is 0 Å². The average Bonchev–Trinajstić information content (AvgIpc) is 3.12. The Balaban J connectivity index is 1.69. The molecule has 1 N–H and O–H groups in total. The lowest BCUT2D eigenvalue weighted by atomic mass is 10.1. The first-order chi connectivity index (χ1) is 9.25. The van der Waals surface area contributed by atoms with Gasteiger partial charge >= 0.3 is 0 Å². The van der Waals surface area contributed by atoms with E-state index in [1.807, 2.05) is 11.1 Å². The summed E-state index contributed by atoms with van der Waals surface area (Å²) in [5.74, 6) is 1.06. The molecule has 2 aliphatic rings. The van der Waals surface area contributed by atoms with Gasteiger partial charge in [0.2, 0.25) is 0 Å². The van der Waals surface area contributed by atoms with Crippen LogP contribution in [0.1, 0.15) is 24.7 Å². The van der Waals surface area contributed by atoms with E-state index in [2.05, 4.69) is 21.9 Å². The number of aromatic amines is 1. The van der Waals surface area contributed by atoms with Crippen molar-refractivity contribution in [3.63, 3.8) is 0 Å². The molecule has 104 valence electrons. The molecule has 3 rings (SSSR count). The fourth-order valence-corrected chi connectivity index (χ4v) is 2.80. The van der Waals surface area contributed by atoms with Crippen LogP contribution in [0.15, 0.2) is 12.4 Å². The van der Waals surface area contributed by atoms with Crippen LogP contribution in [0, 0.1) is 0 Å². The van der Waals surface area contributed by atoms with E-state index in [9.17, 15) is 4.79 Å². The highest BCUT2D eigenvalue weighted by atomic mass is 16.5. The molecule has 1 aromatic heterocycles. The predicted octanol–water partition coefficient (Wildman–Crippen LogP) is 0.404. The molecule has 0 aromatic carbocycles. The molecule has 0 radical (unpaired) electrons. The van der Waals surface area contributed by atoms with E-state index in [1.165, 1.54) is 0 Å². The van der Waals surface area contributed by atoms with E-state index in [1.54, 1.807) is 6.20 Å². The first-order valence-corrected chi connectivity index (χ1v) is 6.85. The van der Waals surface area contributed by atoms with E-state index < -0.39 is 0 Å². The smallest absolute Gasteiger partial charge is 0.251 e. The molecule has 6 nitrogen and oxygen atoms in total. The number of carbonyl (C=O) groups is 1. The third kappa shape index (κ3) is 2.50. The molecule has 6 heteroatoms. The van der Waals surface area contributed by atoms with Crippen molar-refractivity contribution in [2.24, 2.45) is 0 Å². The fraction of sp³-hybridized carbons (Fsp3) is 0.692. The van der Waals surface area contributed by atoms with Crippen molar-refractivity contribution in [2.45, 2.75) is 25.0 Å². The molecule has 2 fully saturated rings. The molecule has 2 atom stereocenters. The standard InChI is InChI=1S/C13H20N4O2/c1-16-6-7-17(13(18)11-3-2-8-19-11)9-10(16)12-14-4-5-15-12/h4-5,10-11H,2-3,6-9H2,1H3,(H,14,15)/t10-,11+/m0/s1. The van der Waals surface area contributed by atoms with Crippen LogP contribution >= 0.6 is 0 Å². The number of ether oxygens (including phenoxy) is 1. The van der Waals surface area contributed by atoms with Crippen LogP contribution in [0.3, 0.4) is 0 Å². The van der Waals surface area contributed by atoms with Gasteiger partial charge in [-0.3, -0.25) is 9.69 Å². The molecule has 0 spiro atoms. The minimum Gasteiger partial charge on any atom is -0.368 e. The SMILES string of the molecule is CN1CCN(C(=O)[C@H]2CCCO2)C[C@H]1c1ncc[nH]1. The fourth-order valence-electron chi connectivity index (χ4n) is 2.80. The van der Waals surface area contributed by atoms with E-state index >= 15 is 0 Å². The molecule has 2 aliphatic heterocycles. The quantitative estimate of drug-likeness (QED) is 0.840. The highest BCUT2D eigenvalue weighted by Crippen LogP contribution is 2.23. The number of hydrogen-bond donors (Lipinski definition) is 1. The van der Waals surface area contributed by atoms with Gasteiger partial charge in [-0.15, -0.1) is 0 Å². The van der Waals surface area contributed by atoms with Gasteiger partial charge in [0.05, 0.1) is 6.04 Å². The third-order valence-corrected chi connectivity index (χ3v) is 4.00. The maximum atomic E-state index is 12.4. The Morgan fingerprint density at radius 1 is 1.53 bits per heavy atom. The molecule has 2 saturated heterocycles. The number of rotatable bonds is 2. The first-order valence-electron chi connectivity index (χ1n) is 6.85. The molecule has 0 unspecified atom stereocenters. The number of nitrogens with zero attached hydrogens (tertiary/aromatic N) is 3. The maximum absolute atomic E-state index is 12.4. The van der Waals surface area contributed by atoms with Crippen LogP contribution in [-0.2, 0) is 9.53 Å². The lowest BCUT2D eigenvalue weighted by Crippen LogP contribution is -2.51. The summed E-state index contributed by atoms with van der Waals surface area (Å²) >= 11 is 0. The number of aromatic nitrogens is 2. The van der Waals surface area contributed by atoms with Crippen molar-refractivity contribution in [1.82, 2.24) is 19.8 Å². The summed E-state index contributed by atoms with van der Waals surface area (Å²) in [5, 5.41) is 0.